The van der Waals surface area contributed by atoms with Gasteiger partial charge in [-0.3, -0.25) is 10.2 Å². The van der Waals surface area contributed by atoms with Gasteiger partial charge < -0.3 is 0 Å². The number of nitrogens with one attached hydrogen (secondary N) is 1. The number of amides is 1. The van der Waals surface area contributed by atoms with Gasteiger partial charge in [-0.15, -0.1) is 0 Å². The molecule has 0 unspecified atom stereocenters. The number of rotatable bonds is 1. The maximum absolute atomic E-state index is 8.94. The first-order valence-electron chi connectivity index (χ1n) is 6.19. The zero-order chi connectivity index (χ0) is 9.50. The van der Waals surface area contributed by atoms with E-state index in [0.717, 1.165) is 0 Å². The van der Waals surface area contributed by atoms with E-state index in [9.17, 15) is 0 Å². The maximum atomic E-state index is 8.94. The summed E-state index contributed by atoms with van der Waals surface area (Å²) in [4.78, 5) is 24.9. The van der Waals surface area contributed by atoms with Crippen molar-refractivity contribution in [2.24, 2.45) is 5.84 Å². The van der Waals surface area contributed by atoms with Gasteiger partial charge in [0.1, 0.15) is 0 Å². The Bertz CT molecular complexity index is 646. The molecule has 0 aromatic carbocycles. The molecule has 0 bridgehead atoms. The molecule has 0 aromatic heterocycles. The van der Waals surface area contributed by atoms with Gasteiger partial charge in [0.2, 0.25) is 6.41 Å². The molecule has 0 radical (unpaired) electrons. The third kappa shape index (κ3) is 0.0493. The molecule has 10 saturated heterocycles. The molecule has 10 aliphatic heterocycles. The van der Waals surface area contributed by atoms with Crippen LogP contribution in [0, 0.1) is 0 Å². The normalized spacial score (nSPS) is 127. The van der Waals surface area contributed by atoms with Crippen LogP contribution in [-0.2, 0) is 11.3 Å². The zero-order valence-electron chi connectivity index (χ0n) is 8.19. The number of hydrogen-bond acceptors (Lipinski definition) is 2. The molecule has 0 aliphatic carbocycles. The molecule has 10 fully saturated rings. The summed E-state index contributed by atoms with van der Waals surface area (Å²) in [5, 5.41) is 0. The van der Waals surface area contributed by atoms with Crippen molar-refractivity contribution in [2.75, 3.05) is 0 Å². The molecule has 15 heavy (non-hydrogen) atoms. The standard InChI is InChI=1S/2C5H5.CH4N2O.Fe/c2*1-2-4-5-3-1;2-3-1-4;/h2*1-5H;1H,2H2,(H,3,4);. The van der Waals surface area contributed by atoms with Gasteiger partial charge in [-0.25, -0.2) is 5.84 Å². The van der Waals surface area contributed by atoms with Crippen LogP contribution in [0.1, 0.15) is 0 Å². The Labute approximate surface area is 77.4 Å². The first kappa shape index (κ1) is 5.52. The Hall–Kier alpha value is -0.0505. The fraction of sp³-hybridized carbons (Fsp3) is 0.909. The van der Waals surface area contributed by atoms with E-state index < -0.39 is 6.51 Å². The third-order valence-electron chi connectivity index (χ3n) is 14.6. The van der Waals surface area contributed by atoms with E-state index in [1.165, 1.54) is 0 Å². The third-order valence-corrected chi connectivity index (χ3v) is 56.5. The predicted molar refractivity (Wildman–Crippen MR) is 50.9 cm³/mol. The minimum atomic E-state index is -2.28. The van der Waals surface area contributed by atoms with Gasteiger partial charge in [0.25, 0.3) is 0 Å². The molecule has 4 heteroatoms. The summed E-state index contributed by atoms with van der Waals surface area (Å²) < 4.78 is 0. The van der Waals surface area contributed by atoms with E-state index in [1.807, 2.05) is 0 Å². The number of carbonyl (C=O) groups is 1. The topological polar surface area (TPSA) is 55.1 Å². The van der Waals surface area contributed by atoms with E-state index >= 15 is 0 Å². The molecular weight excluding hydrogens is 232 g/mol. The Kier molecular flexibility index (Phi) is 0.145. The molecule has 1 spiro atoms. The summed E-state index contributed by atoms with van der Waals surface area (Å²) in [5.74, 6) is 4.41. The second kappa shape index (κ2) is 0.395. The number of nitrogens with two attached hydrogens (primary N) is 1. The summed E-state index contributed by atoms with van der Waals surface area (Å²) in [5.41, 5.74) is 1.75. The molecule has 82 valence electrons. The van der Waals surface area contributed by atoms with Crippen LogP contribution in [0.2, 0.25) is 48.2 Å². The van der Waals surface area contributed by atoms with Gasteiger partial charge in [-0.1, -0.05) is 0 Å². The van der Waals surface area contributed by atoms with Crippen molar-refractivity contribution in [1.82, 2.24) is 5.43 Å². The van der Waals surface area contributed by atoms with Gasteiger partial charge >= 0.3 is 54.7 Å². The van der Waals surface area contributed by atoms with Crippen LogP contribution in [0.5, 0.6) is 0 Å². The predicted octanol–water partition coefficient (Wildman–Crippen LogP) is 1.98. The number of hydrogen-bond donors (Lipinski definition) is 2. The minimum absolute atomic E-state index is 0.403. The summed E-state index contributed by atoms with van der Waals surface area (Å²) in [6.45, 7) is -2.28. The van der Waals surface area contributed by atoms with Crippen molar-refractivity contribution in [3.05, 3.63) is 0 Å². The Morgan fingerprint density at radius 1 is 0.800 bits per heavy atom. The van der Waals surface area contributed by atoms with Crippen LogP contribution in [0.3, 0.4) is 0 Å². The fourth-order valence-corrected chi connectivity index (χ4v) is 88.0. The summed E-state index contributed by atoms with van der Waals surface area (Å²) in [6.07, 6.45) is 0.403. The molecule has 10 heterocycles. The molecule has 10 aliphatic rings. The molecular formula is C11H14FeN2O. The molecule has 10 rings (SSSR count). The molecule has 0 saturated carbocycles. The summed E-state index contributed by atoms with van der Waals surface area (Å²) in [7, 11) is 0. The van der Waals surface area contributed by atoms with Gasteiger partial charge in [0.05, 0.1) is 0 Å². The fourth-order valence-electron chi connectivity index (χ4n) is 15.8. The van der Waals surface area contributed by atoms with Crippen LogP contribution in [0.15, 0.2) is 0 Å². The van der Waals surface area contributed by atoms with Gasteiger partial charge in [-0.05, 0) is 0 Å². The summed E-state index contributed by atoms with van der Waals surface area (Å²) >= 11 is 0. The molecule has 0 aromatic rings. The number of hydrazine groups is 1. The zero-order valence-corrected chi connectivity index (χ0v) is 9.29. The van der Waals surface area contributed by atoms with E-state index in [-0.39, 0.29) is 0 Å². The van der Waals surface area contributed by atoms with Crippen LogP contribution >= 0.6 is 0 Å². The van der Waals surface area contributed by atoms with Gasteiger partial charge in [0.15, 0.2) is 0 Å². The van der Waals surface area contributed by atoms with Crippen LogP contribution in [0.25, 0.3) is 0 Å². The molecule has 3 N–H and O–H groups in total. The first-order valence-corrected chi connectivity index (χ1v) is 12.6. The van der Waals surface area contributed by atoms with E-state index in [4.69, 9.17) is 4.79 Å². The van der Waals surface area contributed by atoms with Gasteiger partial charge in [0, 0.05) is 0 Å². The van der Waals surface area contributed by atoms with E-state index in [1.54, 1.807) is 53.6 Å². The van der Waals surface area contributed by atoms with Crippen LogP contribution in [-0.4, -0.2) is 6.41 Å². The second-order valence-electron chi connectivity index (χ2n) is 9.87. The van der Waals surface area contributed by atoms with E-state index in [0.29, 0.717) is 6.41 Å². The average molecular weight is 246 g/mol. The number of fused-ring (bicyclic) bond motifs is 10. The molecule has 0 atom stereocenters. The van der Waals surface area contributed by atoms with Crippen molar-refractivity contribution < 1.29 is 11.3 Å². The van der Waals surface area contributed by atoms with Crippen LogP contribution in [0.4, 0.5) is 0 Å². The molecule has 3 nitrogen and oxygen atoms in total. The Balaban J connectivity index is 0.000000121. The van der Waals surface area contributed by atoms with Crippen LogP contribution < -0.4 is 11.3 Å². The quantitative estimate of drug-likeness (QED) is 0.244. The Morgan fingerprint density at radius 3 is 1.00 bits per heavy atom. The van der Waals surface area contributed by atoms with Crippen molar-refractivity contribution in [2.45, 2.75) is 48.2 Å². The van der Waals surface area contributed by atoms with Gasteiger partial charge in [-0.2, -0.15) is 0 Å². The first-order chi connectivity index (χ1) is 7.07. The second-order valence-corrected chi connectivity index (χ2v) is 33.8. The van der Waals surface area contributed by atoms with E-state index in [2.05, 4.69) is 5.84 Å². The number of carbonyl (C=O) groups excluding carboxylic acids is 1. The SMILES string of the molecule is NNC=O.[CH]12[CH]3[CH]4[CH]5[CH]1[Fe]23451678[CH]2[CH]1[CH]6[CH]7[CH]28. The Morgan fingerprint density at radius 2 is 1.00 bits per heavy atom. The monoisotopic (exact) mass is 246 g/mol. The van der Waals surface area contributed by atoms with Crippen molar-refractivity contribution in [1.29, 1.82) is 0 Å². The van der Waals surface area contributed by atoms with Crippen molar-refractivity contribution in [3.63, 3.8) is 0 Å². The average Bonchev–Trinajstić information content (AvgIpc) is 3.18. The summed E-state index contributed by atoms with van der Waals surface area (Å²) in [6, 6.07) is 0. The molecule has 1 amide bonds. The van der Waals surface area contributed by atoms with Crippen molar-refractivity contribution in [3.8, 4) is 0 Å². The van der Waals surface area contributed by atoms with Crippen molar-refractivity contribution >= 4 is 6.41 Å².